The molecule has 182 valence electrons. The molecule has 1 heterocycles. The zero-order valence-electron chi connectivity index (χ0n) is 21.3. The lowest BCUT2D eigenvalue weighted by Gasteiger charge is -2.33. The highest BCUT2D eigenvalue weighted by Crippen LogP contribution is 2.17. The average Bonchev–Trinajstić information content (AvgIpc) is 2.70. The number of amides is 2. The summed E-state index contributed by atoms with van der Waals surface area (Å²) in [6.45, 7) is 19.0. The molecule has 0 aromatic rings. The van der Waals surface area contributed by atoms with Gasteiger partial charge in [-0.2, -0.15) is 0 Å². The quantitative estimate of drug-likeness (QED) is 0.442. The first-order chi connectivity index (χ1) is 14.4. The van der Waals surface area contributed by atoms with E-state index in [0.717, 1.165) is 12.0 Å². The number of piperidine rings is 1. The number of carboxylic acids is 1. The van der Waals surface area contributed by atoms with Gasteiger partial charge in [-0.3, -0.25) is 9.59 Å². The van der Waals surface area contributed by atoms with Crippen LogP contribution in [0.25, 0.3) is 0 Å². The number of carbonyl (C=O) groups is 3. The van der Waals surface area contributed by atoms with Crippen LogP contribution in [0.4, 0.5) is 0 Å². The highest BCUT2D eigenvalue weighted by atomic mass is 16.4. The van der Waals surface area contributed by atoms with Crippen molar-refractivity contribution in [2.45, 2.75) is 86.7 Å². The third kappa shape index (κ3) is 14.7. The molecule has 7 heteroatoms. The van der Waals surface area contributed by atoms with Gasteiger partial charge in [0.2, 0.25) is 12.3 Å². The maximum absolute atomic E-state index is 11.7. The van der Waals surface area contributed by atoms with Crippen molar-refractivity contribution in [2.24, 2.45) is 11.8 Å². The summed E-state index contributed by atoms with van der Waals surface area (Å²) in [6.07, 6.45) is 6.09. The first-order valence-corrected chi connectivity index (χ1v) is 11.5. The molecule has 1 aliphatic rings. The molecule has 2 N–H and O–H groups in total. The van der Waals surface area contributed by atoms with Gasteiger partial charge in [-0.25, -0.2) is 4.79 Å². The van der Waals surface area contributed by atoms with Gasteiger partial charge in [0.25, 0.3) is 0 Å². The first-order valence-electron chi connectivity index (χ1n) is 11.5. The van der Waals surface area contributed by atoms with Crippen LogP contribution in [0.2, 0.25) is 0 Å². The fourth-order valence-corrected chi connectivity index (χ4v) is 3.19. The van der Waals surface area contributed by atoms with E-state index < -0.39 is 5.97 Å². The Hall–Kier alpha value is -1.89. The zero-order valence-corrected chi connectivity index (χ0v) is 21.3. The van der Waals surface area contributed by atoms with Crippen LogP contribution in [-0.2, 0) is 14.4 Å². The fourth-order valence-electron chi connectivity index (χ4n) is 3.19. The molecule has 7 nitrogen and oxygen atoms in total. The molecule has 0 unspecified atom stereocenters. The maximum atomic E-state index is 11.7. The molecule has 1 saturated heterocycles. The van der Waals surface area contributed by atoms with Crippen molar-refractivity contribution in [1.29, 1.82) is 0 Å². The Morgan fingerprint density at radius 1 is 1.23 bits per heavy atom. The number of aliphatic carboxylic acids is 1. The predicted octanol–water partition coefficient (Wildman–Crippen LogP) is 3.79. The van der Waals surface area contributed by atoms with E-state index in [1.54, 1.807) is 13.1 Å². The number of carbonyl (C=O) groups excluding carboxylic acids is 2. The lowest BCUT2D eigenvalue weighted by atomic mass is 9.99. The maximum Gasteiger partial charge on any atom is 0.331 e. The van der Waals surface area contributed by atoms with Crippen molar-refractivity contribution < 1.29 is 19.5 Å². The van der Waals surface area contributed by atoms with E-state index >= 15 is 0 Å². The van der Waals surface area contributed by atoms with Crippen LogP contribution in [0.15, 0.2) is 11.6 Å². The Morgan fingerprint density at radius 3 is 2.13 bits per heavy atom. The highest BCUT2D eigenvalue weighted by molar-refractivity contribution is 5.86. The molecular formula is C24H47N3O4. The van der Waals surface area contributed by atoms with Crippen LogP contribution in [0.5, 0.6) is 0 Å². The summed E-state index contributed by atoms with van der Waals surface area (Å²) < 4.78 is 0. The number of nitrogens with one attached hydrogen (secondary N) is 1. The smallest absolute Gasteiger partial charge is 0.331 e. The molecular weight excluding hydrogens is 394 g/mol. The molecule has 1 fully saturated rings. The molecule has 2 atom stereocenters. The van der Waals surface area contributed by atoms with Gasteiger partial charge in [0.05, 0.1) is 12.6 Å². The molecule has 0 aliphatic carbocycles. The second-order valence-electron chi connectivity index (χ2n) is 8.94. The van der Waals surface area contributed by atoms with Crippen molar-refractivity contribution in [3.63, 3.8) is 0 Å². The third-order valence-electron chi connectivity index (χ3n) is 5.04. The zero-order chi connectivity index (χ0) is 24.6. The second kappa shape index (κ2) is 17.8. The molecule has 31 heavy (non-hydrogen) atoms. The first kappa shape index (κ1) is 31.3. The van der Waals surface area contributed by atoms with E-state index in [1.165, 1.54) is 44.2 Å². The van der Waals surface area contributed by atoms with Gasteiger partial charge in [0, 0.05) is 25.2 Å². The third-order valence-corrected chi connectivity index (χ3v) is 5.04. The minimum atomic E-state index is -1.01. The Balaban J connectivity index is 0. The van der Waals surface area contributed by atoms with E-state index in [0.29, 0.717) is 6.41 Å². The van der Waals surface area contributed by atoms with E-state index in [4.69, 9.17) is 5.11 Å². The van der Waals surface area contributed by atoms with Crippen LogP contribution >= 0.6 is 0 Å². The monoisotopic (exact) mass is 441 g/mol. The number of hydrogen-bond donors (Lipinski definition) is 2. The largest absolute Gasteiger partial charge is 0.478 e. The number of likely N-dealkylation sites (tertiary alicyclic amines) is 1. The topological polar surface area (TPSA) is 90.0 Å². The van der Waals surface area contributed by atoms with Crippen molar-refractivity contribution in [3.8, 4) is 0 Å². The molecule has 0 bridgehead atoms. The summed E-state index contributed by atoms with van der Waals surface area (Å²) in [5.41, 5.74) is 0.191. The van der Waals surface area contributed by atoms with Crippen LogP contribution in [0.3, 0.4) is 0 Å². The fraction of sp³-hybridized carbons (Fsp3) is 0.792. The number of rotatable bonds is 8. The van der Waals surface area contributed by atoms with E-state index in [2.05, 4.69) is 44.8 Å². The minimum absolute atomic E-state index is 0.0736. The lowest BCUT2D eigenvalue weighted by Crippen LogP contribution is -2.43. The number of carboxylic acid groups (broad SMARTS) is 1. The van der Waals surface area contributed by atoms with Gasteiger partial charge < -0.3 is 20.2 Å². The molecule has 0 aromatic heterocycles. The predicted molar refractivity (Wildman–Crippen MR) is 128 cm³/mol. The van der Waals surface area contributed by atoms with Gasteiger partial charge in [0.1, 0.15) is 0 Å². The Labute approximate surface area is 190 Å². The molecule has 0 aromatic carbocycles. The van der Waals surface area contributed by atoms with Gasteiger partial charge in [-0.1, -0.05) is 47.1 Å². The van der Waals surface area contributed by atoms with Crippen molar-refractivity contribution in [1.82, 2.24) is 15.1 Å². The van der Waals surface area contributed by atoms with Crippen LogP contribution in [-0.4, -0.2) is 72.0 Å². The molecule has 2 amide bonds. The van der Waals surface area contributed by atoms with Crippen LogP contribution in [0, 0.1) is 11.8 Å². The van der Waals surface area contributed by atoms with Gasteiger partial charge in [-0.15, -0.1) is 0 Å². The van der Waals surface area contributed by atoms with Crippen molar-refractivity contribution in [2.75, 3.05) is 26.7 Å². The van der Waals surface area contributed by atoms with Crippen molar-refractivity contribution >= 4 is 18.3 Å². The molecule has 0 saturated carbocycles. The average molecular weight is 442 g/mol. The minimum Gasteiger partial charge on any atom is -0.478 e. The number of likely N-dealkylation sites (N-methyl/N-ethyl adjacent to an activating group) is 1. The van der Waals surface area contributed by atoms with Crippen LogP contribution < -0.4 is 5.32 Å². The second-order valence-corrected chi connectivity index (χ2v) is 8.94. The van der Waals surface area contributed by atoms with Crippen molar-refractivity contribution in [3.05, 3.63) is 11.6 Å². The summed E-state index contributed by atoms with van der Waals surface area (Å²) in [5.74, 6) is -0.275. The summed E-state index contributed by atoms with van der Waals surface area (Å²) in [4.78, 5) is 36.7. The lowest BCUT2D eigenvalue weighted by molar-refractivity contribution is -0.133. The van der Waals surface area contributed by atoms with E-state index in [9.17, 15) is 14.4 Å². The normalized spacial score (nSPS) is 17.6. The Bertz CT molecular complexity index is 547. The van der Waals surface area contributed by atoms with Gasteiger partial charge >= 0.3 is 5.97 Å². The Kier molecular flexibility index (Phi) is 17.9. The molecule has 1 aliphatic heterocycles. The number of nitrogens with zero attached hydrogens (tertiary/aromatic N) is 2. The Morgan fingerprint density at radius 2 is 1.77 bits per heavy atom. The van der Waals surface area contributed by atoms with Gasteiger partial charge in [0.15, 0.2) is 0 Å². The molecule has 0 spiro atoms. The van der Waals surface area contributed by atoms with E-state index in [1.807, 2.05) is 13.8 Å². The summed E-state index contributed by atoms with van der Waals surface area (Å²) >= 11 is 0. The van der Waals surface area contributed by atoms with Crippen LogP contribution in [0.1, 0.15) is 74.7 Å². The standard InChI is InChI=1S/C12H20N2O4.C9H19N.C3H8/c1-8(2)10(5-9(3)12(17)18)14(4)11(16)6-13-7-15;1-8(2)10-6-4-5-9(3)7-10;1-3-2/h5,7-8,10H,6H2,1-4H3,(H,13,15)(H,17,18);8-9H,4-7H2,1-3H3;3H2,1-2H3/b9-5+;;/t10-;9-;/m10./s1. The summed E-state index contributed by atoms with van der Waals surface area (Å²) in [6, 6.07) is 0.435. The summed E-state index contributed by atoms with van der Waals surface area (Å²) in [5, 5.41) is 11.1. The van der Waals surface area contributed by atoms with Gasteiger partial charge in [-0.05, 0) is 52.0 Å². The number of hydrogen-bond acceptors (Lipinski definition) is 4. The summed E-state index contributed by atoms with van der Waals surface area (Å²) in [7, 11) is 1.59. The SMILES string of the molecule is C/C(=C\[C@H](C(C)C)N(C)C(=O)CNC=O)C(=O)O.CC(C)N1CCC[C@H](C)C1.CCC. The highest BCUT2D eigenvalue weighted by Gasteiger charge is 2.22. The molecule has 0 radical (unpaired) electrons. The van der Waals surface area contributed by atoms with E-state index in [-0.39, 0.29) is 30.0 Å². The molecule has 1 rings (SSSR count).